The van der Waals surface area contributed by atoms with Gasteiger partial charge in [0.1, 0.15) is 5.75 Å². The number of ether oxygens (including phenoxy) is 1. The van der Waals surface area contributed by atoms with Gasteiger partial charge in [0, 0.05) is 46.7 Å². The number of halogens is 1. The summed E-state index contributed by atoms with van der Waals surface area (Å²) >= 11 is 8.26. The molecule has 192 valence electrons. The lowest BCUT2D eigenvalue weighted by molar-refractivity contribution is -0.141. The molecule has 3 aromatic rings. The molecule has 1 atom stereocenters. The maximum absolute atomic E-state index is 11.8. The number of nitrogens with zero attached hydrogens (tertiary/aromatic N) is 3. The molecule has 1 saturated heterocycles. The third kappa shape index (κ3) is 6.68. The minimum atomic E-state index is -0.824. The van der Waals surface area contributed by atoms with Gasteiger partial charge in [-0.15, -0.1) is 11.8 Å². The second-order valence-electron chi connectivity index (χ2n) is 9.41. The molecule has 2 aromatic heterocycles. The van der Waals surface area contributed by atoms with Gasteiger partial charge in [-0.2, -0.15) is 0 Å². The second kappa shape index (κ2) is 12.2. The molecule has 0 radical (unpaired) electrons. The normalized spacial score (nSPS) is 16.6. The number of hydrogen-bond donors (Lipinski definition) is 2. The van der Waals surface area contributed by atoms with Gasteiger partial charge in [-0.3, -0.25) is 14.8 Å². The van der Waals surface area contributed by atoms with Gasteiger partial charge in [-0.25, -0.2) is 0 Å². The zero-order valence-corrected chi connectivity index (χ0v) is 22.0. The maximum Gasteiger partial charge on any atom is 0.303 e. The lowest BCUT2D eigenvalue weighted by Crippen LogP contribution is -2.42. The number of fused-ring (bicyclic) bond motifs is 1. The van der Waals surface area contributed by atoms with Crippen molar-refractivity contribution in [1.82, 2.24) is 14.9 Å². The molecule has 1 aliphatic heterocycles. The molecule has 1 fully saturated rings. The van der Waals surface area contributed by atoms with Gasteiger partial charge in [0.25, 0.3) is 0 Å². The molecule has 0 aliphatic carbocycles. The van der Waals surface area contributed by atoms with Gasteiger partial charge in [0.05, 0.1) is 30.2 Å². The van der Waals surface area contributed by atoms with Gasteiger partial charge < -0.3 is 19.8 Å². The van der Waals surface area contributed by atoms with Crippen LogP contribution < -0.4 is 4.74 Å². The number of aliphatic carboxylic acids is 1. The summed E-state index contributed by atoms with van der Waals surface area (Å²) < 4.78 is 5.35. The van der Waals surface area contributed by atoms with Gasteiger partial charge in [0.15, 0.2) is 0 Å². The Hall–Kier alpha value is -2.39. The molecule has 1 aliphatic rings. The number of carbonyl (C=O) groups is 1. The predicted octanol–water partition coefficient (Wildman–Crippen LogP) is 5.45. The first-order valence-electron chi connectivity index (χ1n) is 12.2. The highest BCUT2D eigenvalue weighted by Gasteiger charge is 2.37. The van der Waals surface area contributed by atoms with Crippen LogP contribution in [0.5, 0.6) is 5.75 Å². The standard InChI is InChI=1S/C27H32ClN3O4S/c1-35-19-4-5-23-21(15-19)26(22(28)18-30-23)24(32)6-7-27(16-25(33)34)8-11-31(12-9-27)13-14-36-20-3-2-10-29-17-20/h2-5,10,15,17-18,24,32H,6-9,11-14,16H2,1H3,(H,33,34)/t24-/m1/s1. The lowest BCUT2D eigenvalue weighted by atomic mass is 9.71. The van der Waals surface area contributed by atoms with Crippen LogP contribution in [0.25, 0.3) is 10.9 Å². The zero-order chi connectivity index (χ0) is 25.5. The minimum Gasteiger partial charge on any atom is -0.497 e. The van der Waals surface area contributed by atoms with Crippen molar-refractivity contribution in [2.75, 3.05) is 32.5 Å². The van der Waals surface area contributed by atoms with Crippen molar-refractivity contribution in [3.8, 4) is 5.75 Å². The number of carboxylic acid groups (broad SMARTS) is 1. The first-order chi connectivity index (χ1) is 17.4. The quantitative estimate of drug-likeness (QED) is 0.316. The van der Waals surface area contributed by atoms with Gasteiger partial charge in [-0.05, 0) is 74.5 Å². The molecule has 36 heavy (non-hydrogen) atoms. The molecule has 3 heterocycles. The van der Waals surface area contributed by atoms with Crippen molar-refractivity contribution in [3.63, 3.8) is 0 Å². The lowest BCUT2D eigenvalue weighted by Gasteiger charge is -2.41. The maximum atomic E-state index is 11.8. The third-order valence-corrected chi connectivity index (χ3v) is 8.37. The average Bonchev–Trinajstić information content (AvgIpc) is 2.88. The number of benzene rings is 1. The number of likely N-dealkylation sites (tertiary alicyclic amines) is 1. The first-order valence-corrected chi connectivity index (χ1v) is 13.5. The molecule has 0 unspecified atom stereocenters. The Balaban J connectivity index is 1.39. The van der Waals surface area contributed by atoms with E-state index in [0.29, 0.717) is 29.2 Å². The monoisotopic (exact) mass is 529 g/mol. The van der Waals surface area contributed by atoms with E-state index < -0.39 is 12.1 Å². The number of thioether (sulfide) groups is 1. The Bertz CT molecular complexity index is 1170. The molecular weight excluding hydrogens is 498 g/mol. The highest BCUT2D eigenvalue weighted by atomic mass is 35.5. The number of pyridine rings is 2. The van der Waals surface area contributed by atoms with Gasteiger partial charge >= 0.3 is 5.97 Å². The van der Waals surface area contributed by atoms with Gasteiger partial charge in [-0.1, -0.05) is 11.6 Å². The Labute approximate surface area is 220 Å². The van der Waals surface area contributed by atoms with E-state index in [-0.39, 0.29) is 11.8 Å². The molecule has 4 rings (SSSR count). The van der Waals surface area contributed by atoms with Crippen molar-refractivity contribution in [1.29, 1.82) is 0 Å². The molecule has 0 saturated carbocycles. The summed E-state index contributed by atoms with van der Waals surface area (Å²) in [5, 5.41) is 22.0. The summed E-state index contributed by atoms with van der Waals surface area (Å²) in [6.07, 6.45) is 7.12. The number of carboxylic acids is 1. The summed E-state index contributed by atoms with van der Waals surface area (Å²) in [6.45, 7) is 2.66. The fourth-order valence-electron chi connectivity index (χ4n) is 5.03. The molecule has 9 heteroatoms. The van der Waals surface area contributed by atoms with Crippen LogP contribution in [-0.2, 0) is 4.79 Å². The third-order valence-electron chi connectivity index (χ3n) is 7.10. The number of piperidine rings is 1. The number of aliphatic hydroxyl groups excluding tert-OH is 1. The van der Waals surface area contributed by atoms with E-state index in [9.17, 15) is 15.0 Å². The Morgan fingerprint density at radius 2 is 2.08 bits per heavy atom. The van der Waals surface area contributed by atoms with Crippen LogP contribution in [0.15, 0.2) is 53.8 Å². The number of methoxy groups -OCH3 is 1. The van der Waals surface area contributed by atoms with E-state index in [1.807, 2.05) is 30.5 Å². The fraction of sp³-hybridized carbons (Fsp3) is 0.444. The van der Waals surface area contributed by atoms with Crippen LogP contribution in [0.2, 0.25) is 5.02 Å². The summed E-state index contributed by atoms with van der Waals surface area (Å²) in [5.74, 6) is 0.839. The highest BCUT2D eigenvalue weighted by Crippen LogP contribution is 2.43. The van der Waals surface area contributed by atoms with Crippen molar-refractivity contribution in [2.45, 2.75) is 43.1 Å². The van der Waals surface area contributed by atoms with Crippen LogP contribution in [0.3, 0.4) is 0 Å². The van der Waals surface area contributed by atoms with Gasteiger partial charge in [0.2, 0.25) is 0 Å². The van der Waals surface area contributed by atoms with E-state index in [1.54, 1.807) is 31.3 Å². The molecule has 0 bridgehead atoms. The zero-order valence-electron chi connectivity index (χ0n) is 20.4. The fourth-order valence-corrected chi connectivity index (χ4v) is 6.20. The SMILES string of the molecule is COc1ccc2ncc(Cl)c([C@H](O)CCC3(CC(=O)O)CCN(CCSc4cccnc4)CC3)c2c1. The summed E-state index contributed by atoms with van der Waals surface area (Å²) in [5.41, 5.74) is 1.01. The Morgan fingerprint density at radius 1 is 1.28 bits per heavy atom. The molecule has 2 N–H and O–H groups in total. The van der Waals surface area contributed by atoms with Crippen molar-refractivity contribution in [2.24, 2.45) is 5.41 Å². The number of hydrogen-bond acceptors (Lipinski definition) is 7. The number of rotatable bonds is 11. The van der Waals surface area contributed by atoms with Crippen LogP contribution >= 0.6 is 23.4 Å². The van der Waals surface area contributed by atoms with Crippen molar-refractivity contribution >= 4 is 40.2 Å². The van der Waals surface area contributed by atoms with Crippen molar-refractivity contribution < 1.29 is 19.7 Å². The molecule has 7 nitrogen and oxygen atoms in total. The van der Waals surface area contributed by atoms with E-state index in [2.05, 4.69) is 20.9 Å². The van der Waals surface area contributed by atoms with E-state index in [4.69, 9.17) is 16.3 Å². The second-order valence-corrected chi connectivity index (χ2v) is 11.0. The van der Waals surface area contributed by atoms with E-state index in [0.717, 1.165) is 54.0 Å². The van der Waals surface area contributed by atoms with E-state index >= 15 is 0 Å². The molecule has 1 aromatic carbocycles. The first kappa shape index (κ1) is 26.7. The van der Waals surface area contributed by atoms with E-state index in [1.165, 1.54) is 0 Å². The Morgan fingerprint density at radius 3 is 2.78 bits per heavy atom. The van der Waals surface area contributed by atoms with Crippen LogP contribution in [-0.4, -0.2) is 63.5 Å². The molecule has 0 spiro atoms. The summed E-state index contributed by atoms with van der Waals surface area (Å²) in [7, 11) is 1.59. The smallest absolute Gasteiger partial charge is 0.303 e. The van der Waals surface area contributed by atoms with Crippen molar-refractivity contribution in [3.05, 3.63) is 59.5 Å². The van der Waals surface area contributed by atoms with Crippen LogP contribution in [0.4, 0.5) is 0 Å². The van der Waals surface area contributed by atoms with Crippen LogP contribution in [0.1, 0.15) is 43.8 Å². The molecule has 0 amide bonds. The molecular formula is C27H32ClN3O4S. The highest BCUT2D eigenvalue weighted by molar-refractivity contribution is 7.99. The number of aliphatic hydroxyl groups is 1. The largest absolute Gasteiger partial charge is 0.497 e. The summed E-state index contributed by atoms with van der Waals surface area (Å²) in [6, 6.07) is 9.50. The Kier molecular flexibility index (Phi) is 9.06. The number of aromatic nitrogens is 2. The topological polar surface area (TPSA) is 95.8 Å². The predicted molar refractivity (Wildman–Crippen MR) is 143 cm³/mol. The summed E-state index contributed by atoms with van der Waals surface area (Å²) in [4.78, 5) is 23.8. The average molecular weight is 530 g/mol. The minimum absolute atomic E-state index is 0.108. The van der Waals surface area contributed by atoms with Crippen LogP contribution in [0, 0.1) is 5.41 Å².